The lowest BCUT2D eigenvalue weighted by molar-refractivity contribution is -0.147. The van der Waals surface area contributed by atoms with E-state index in [1.165, 1.54) is 4.70 Å². The average Bonchev–Trinajstić information content (AvgIpc) is 3.01. The van der Waals surface area contributed by atoms with Gasteiger partial charge >= 0.3 is 5.97 Å². The molecule has 1 aliphatic heterocycles. The van der Waals surface area contributed by atoms with Gasteiger partial charge in [0.15, 0.2) is 0 Å². The van der Waals surface area contributed by atoms with Crippen LogP contribution in [-0.2, 0) is 20.7 Å². The van der Waals surface area contributed by atoms with E-state index in [2.05, 4.69) is 11.1 Å². The fraction of sp³-hybridized carbons (Fsp3) is 0.500. The number of aryl methyl sites for hydroxylation is 1. The first-order valence-electron chi connectivity index (χ1n) is 8.57. The van der Waals surface area contributed by atoms with Crippen LogP contribution in [0.15, 0.2) is 24.3 Å². The zero-order chi connectivity index (χ0) is 17.6. The number of carbonyl (C=O) groups excluding carboxylic acids is 1. The summed E-state index contributed by atoms with van der Waals surface area (Å²) >= 11 is 1.71. The first kappa shape index (κ1) is 17.8. The average molecular weight is 362 g/mol. The largest absolute Gasteiger partial charge is 0.481 e. The zero-order valence-corrected chi connectivity index (χ0v) is 14.8. The number of fused-ring (bicyclic) bond motifs is 1. The Hall–Kier alpha value is -1.99. The lowest BCUT2D eigenvalue weighted by Gasteiger charge is -2.32. The molecule has 2 aromatic rings. The van der Waals surface area contributed by atoms with Crippen molar-refractivity contribution in [2.45, 2.75) is 38.2 Å². The van der Waals surface area contributed by atoms with Gasteiger partial charge in [-0.25, -0.2) is 4.98 Å². The van der Waals surface area contributed by atoms with Gasteiger partial charge in [-0.3, -0.25) is 9.59 Å². The monoisotopic (exact) mass is 362 g/mol. The van der Waals surface area contributed by atoms with Crippen molar-refractivity contribution in [2.75, 3.05) is 19.7 Å². The Morgan fingerprint density at radius 2 is 2.16 bits per heavy atom. The molecule has 1 aromatic carbocycles. The number of aliphatic carboxylic acids is 1. The summed E-state index contributed by atoms with van der Waals surface area (Å²) in [4.78, 5) is 29.4. The molecule has 1 fully saturated rings. The highest BCUT2D eigenvalue weighted by Gasteiger charge is 2.25. The minimum Gasteiger partial charge on any atom is -0.481 e. The van der Waals surface area contributed by atoms with Gasteiger partial charge in [0.2, 0.25) is 5.91 Å². The van der Waals surface area contributed by atoms with E-state index in [4.69, 9.17) is 9.84 Å². The number of nitrogens with zero attached hydrogens (tertiary/aromatic N) is 2. The molecule has 2 heterocycles. The van der Waals surface area contributed by atoms with Crippen LogP contribution in [0.1, 0.15) is 30.7 Å². The molecular formula is C18H22N2O4S. The molecule has 1 aliphatic rings. The third-order valence-corrected chi connectivity index (χ3v) is 5.36. The van der Waals surface area contributed by atoms with Crippen molar-refractivity contribution >= 4 is 33.4 Å². The summed E-state index contributed by atoms with van der Waals surface area (Å²) in [6, 6.07) is 8.10. The van der Waals surface area contributed by atoms with Crippen LogP contribution in [0, 0.1) is 0 Å². The third kappa shape index (κ3) is 4.99. The third-order valence-electron chi connectivity index (χ3n) is 4.26. The number of rotatable bonds is 7. The second kappa shape index (κ2) is 8.40. The van der Waals surface area contributed by atoms with E-state index in [-0.39, 0.29) is 12.3 Å². The molecule has 1 atom stereocenters. The number of amides is 1. The maximum absolute atomic E-state index is 12.3. The normalized spacial score (nSPS) is 17.8. The van der Waals surface area contributed by atoms with Crippen molar-refractivity contribution in [3.05, 3.63) is 29.3 Å². The number of thiazole rings is 1. The van der Waals surface area contributed by atoms with Gasteiger partial charge in [0.05, 0.1) is 34.4 Å². The van der Waals surface area contributed by atoms with Crippen LogP contribution in [0.25, 0.3) is 10.2 Å². The van der Waals surface area contributed by atoms with Crippen LogP contribution in [0.5, 0.6) is 0 Å². The molecule has 1 unspecified atom stereocenters. The molecule has 1 saturated heterocycles. The van der Waals surface area contributed by atoms with Crippen LogP contribution in [0.4, 0.5) is 0 Å². The van der Waals surface area contributed by atoms with Gasteiger partial charge in [-0.15, -0.1) is 11.3 Å². The summed E-state index contributed by atoms with van der Waals surface area (Å²) in [6.07, 6.45) is 2.67. The summed E-state index contributed by atoms with van der Waals surface area (Å²) in [5.74, 6) is -0.807. The molecule has 7 heteroatoms. The zero-order valence-electron chi connectivity index (χ0n) is 14.0. The number of hydrogen-bond acceptors (Lipinski definition) is 5. The highest BCUT2D eigenvalue weighted by atomic mass is 32.1. The van der Waals surface area contributed by atoms with E-state index in [1.807, 2.05) is 18.2 Å². The molecule has 0 radical (unpaired) electrons. The van der Waals surface area contributed by atoms with Crippen molar-refractivity contribution in [3.8, 4) is 0 Å². The number of carboxylic acids is 1. The van der Waals surface area contributed by atoms with E-state index in [0.717, 1.165) is 29.8 Å². The summed E-state index contributed by atoms with van der Waals surface area (Å²) in [5.41, 5.74) is 1.04. The van der Waals surface area contributed by atoms with Crippen molar-refractivity contribution in [3.63, 3.8) is 0 Å². The van der Waals surface area contributed by atoms with Crippen LogP contribution < -0.4 is 0 Å². The molecule has 0 saturated carbocycles. The van der Waals surface area contributed by atoms with Gasteiger partial charge in [-0.1, -0.05) is 12.1 Å². The van der Waals surface area contributed by atoms with Crippen LogP contribution in [0.2, 0.25) is 0 Å². The van der Waals surface area contributed by atoms with Crippen molar-refractivity contribution in [2.24, 2.45) is 0 Å². The van der Waals surface area contributed by atoms with Gasteiger partial charge in [-0.2, -0.15) is 0 Å². The second-order valence-corrected chi connectivity index (χ2v) is 7.33. The Bertz CT molecular complexity index is 713. The second-order valence-electron chi connectivity index (χ2n) is 6.21. The fourth-order valence-electron chi connectivity index (χ4n) is 3.00. The minimum atomic E-state index is -0.893. The number of carbonyl (C=O) groups is 2. The molecule has 1 N–H and O–H groups in total. The van der Waals surface area contributed by atoms with E-state index in [9.17, 15) is 9.59 Å². The van der Waals surface area contributed by atoms with Crippen LogP contribution >= 0.6 is 11.3 Å². The Balaban J connectivity index is 1.40. The number of ether oxygens (including phenoxy) is 1. The maximum atomic E-state index is 12.3. The quantitative estimate of drug-likeness (QED) is 0.766. The topological polar surface area (TPSA) is 79.7 Å². The van der Waals surface area contributed by atoms with Gasteiger partial charge in [0.25, 0.3) is 0 Å². The predicted octanol–water partition coefficient (Wildman–Crippen LogP) is 2.71. The fourth-order valence-corrected chi connectivity index (χ4v) is 4.01. The Morgan fingerprint density at radius 1 is 1.32 bits per heavy atom. The number of aromatic nitrogens is 1. The van der Waals surface area contributed by atoms with E-state index < -0.39 is 12.1 Å². The molecule has 1 aromatic heterocycles. The molecule has 6 nitrogen and oxygen atoms in total. The Morgan fingerprint density at radius 3 is 2.96 bits per heavy atom. The molecule has 1 amide bonds. The molecule has 0 bridgehead atoms. The number of unbranched alkanes of at least 4 members (excludes halogenated alkanes) is 1. The summed E-state index contributed by atoms with van der Waals surface area (Å²) in [7, 11) is 0. The maximum Gasteiger partial charge on any atom is 0.306 e. The highest BCUT2D eigenvalue weighted by Crippen LogP contribution is 2.23. The first-order valence-corrected chi connectivity index (χ1v) is 9.39. The van der Waals surface area contributed by atoms with Crippen molar-refractivity contribution < 1.29 is 19.4 Å². The van der Waals surface area contributed by atoms with Gasteiger partial charge in [0.1, 0.15) is 0 Å². The smallest absolute Gasteiger partial charge is 0.306 e. The first-order chi connectivity index (χ1) is 12.1. The molecule has 134 valence electrons. The molecular weight excluding hydrogens is 340 g/mol. The SMILES string of the molecule is O=C(O)CC1CN(C(=O)CCCCc2nc3ccccc3s2)CCO1. The van der Waals surface area contributed by atoms with E-state index in [0.29, 0.717) is 26.1 Å². The number of morpholine rings is 1. The molecule has 0 spiro atoms. The lowest BCUT2D eigenvalue weighted by Crippen LogP contribution is -2.46. The Kier molecular flexibility index (Phi) is 5.99. The van der Waals surface area contributed by atoms with Crippen LogP contribution in [0.3, 0.4) is 0 Å². The number of para-hydroxylation sites is 1. The molecule has 0 aliphatic carbocycles. The van der Waals surface area contributed by atoms with E-state index in [1.54, 1.807) is 16.2 Å². The summed E-state index contributed by atoms with van der Waals surface area (Å²) in [5, 5.41) is 9.95. The summed E-state index contributed by atoms with van der Waals surface area (Å²) in [6.45, 7) is 1.34. The van der Waals surface area contributed by atoms with Crippen molar-refractivity contribution in [1.29, 1.82) is 0 Å². The van der Waals surface area contributed by atoms with E-state index >= 15 is 0 Å². The van der Waals surface area contributed by atoms with Gasteiger partial charge < -0.3 is 14.7 Å². The highest BCUT2D eigenvalue weighted by molar-refractivity contribution is 7.18. The molecule has 25 heavy (non-hydrogen) atoms. The van der Waals surface area contributed by atoms with Crippen LogP contribution in [-0.4, -0.2) is 52.7 Å². The van der Waals surface area contributed by atoms with Gasteiger partial charge in [0, 0.05) is 19.5 Å². The number of carboxylic acid groups (broad SMARTS) is 1. The van der Waals surface area contributed by atoms with Gasteiger partial charge in [-0.05, 0) is 31.4 Å². The summed E-state index contributed by atoms with van der Waals surface area (Å²) < 4.78 is 6.60. The number of hydrogen-bond donors (Lipinski definition) is 1. The predicted molar refractivity (Wildman–Crippen MR) is 95.7 cm³/mol. The number of benzene rings is 1. The standard InChI is InChI=1S/C18H22N2O4S/c21-17(20-9-10-24-13(12-20)11-18(22)23)8-4-3-7-16-19-14-5-1-2-6-15(14)25-16/h1-2,5-6,13H,3-4,7-12H2,(H,22,23). The lowest BCUT2D eigenvalue weighted by atomic mass is 10.1. The molecule has 3 rings (SSSR count). The minimum absolute atomic E-state index is 0.0542. The van der Waals surface area contributed by atoms with Crippen molar-refractivity contribution in [1.82, 2.24) is 9.88 Å². The Labute approximate surface area is 150 Å².